The molecule has 0 bridgehead atoms. The summed E-state index contributed by atoms with van der Waals surface area (Å²) in [6.07, 6.45) is 4.50. The molecule has 11 heteroatoms. The summed E-state index contributed by atoms with van der Waals surface area (Å²) in [6.45, 7) is 7.37. The molecule has 2 aliphatic rings. The van der Waals surface area contributed by atoms with Crippen molar-refractivity contribution in [3.05, 3.63) is 53.6 Å². The molecule has 1 fully saturated rings. The first kappa shape index (κ1) is 23.0. The third-order valence-corrected chi connectivity index (χ3v) is 5.85. The molecule has 3 N–H and O–H groups in total. The van der Waals surface area contributed by atoms with Crippen molar-refractivity contribution >= 4 is 29.0 Å². The summed E-state index contributed by atoms with van der Waals surface area (Å²) >= 11 is 0. The Balaban J connectivity index is 1.32. The summed E-state index contributed by atoms with van der Waals surface area (Å²) in [7, 11) is 0. The molecule has 0 saturated carbocycles. The Morgan fingerprint density at radius 1 is 1.17 bits per heavy atom. The summed E-state index contributed by atoms with van der Waals surface area (Å²) in [6, 6.07) is 5.72. The quantitative estimate of drug-likeness (QED) is 0.436. The zero-order valence-corrected chi connectivity index (χ0v) is 19.8. The first-order valence-corrected chi connectivity index (χ1v) is 11.8. The van der Waals surface area contributed by atoms with Gasteiger partial charge in [-0.25, -0.2) is 4.39 Å². The molecule has 5 rings (SSSR count). The van der Waals surface area contributed by atoms with Crippen LogP contribution in [0.2, 0.25) is 0 Å². The summed E-state index contributed by atoms with van der Waals surface area (Å²) in [5, 5.41) is 18.0. The molecular formula is C24H29FN8O2. The molecule has 1 aliphatic heterocycles. The molecule has 0 radical (unpaired) electrons. The molecule has 10 nitrogen and oxygen atoms in total. The van der Waals surface area contributed by atoms with Crippen LogP contribution in [-0.2, 0) is 11.3 Å². The third-order valence-electron chi connectivity index (χ3n) is 5.85. The monoisotopic (exact) mass is 480 g/mol. The van der Waals surface area contributed by atoms with Gasteiger partial charge < -0.3 is 24.8 Å². The normalized spacial score (nSPS) is 18.1. The van der Waals surface area contributed by atoms with Gasteiger partial charge in [-0.05, 0) is 17.6 Å². The van der Waals surface area contributed by atoms with Crippen LogP contribution in [-0.4, -0.2) is 57.8 Å². The third kappa shape index (κ3) is 5.68. The van der Waals surface area contributed by atoms with E-state index in [4.69, 9.17) is 14.2 Å². The van der Waals surface area contributed by atoms with E-state index in [0.717, 1.165) is 30.2 Å². The minimum atomic E-state index is -0.941. The largest absolute Gasteiger partial charge is 0.378 e. The number of aromatic nitrogens is 5. The SMILES string of the molecule is CC(C)c1cc(Nc2cc(N3CCOCC3)nc(NCc3cc(C4=CCC(F)C=C4)no3)n2)n[nH]1. The van der Waals surface area contributed by atoms with Crippen LogP contribution in [0.25, 0.3) is 5.57 Å². The second-order valence-corrected chi connectivity index (χ2v) is 8.82. The molecule has 1 aliphatic carbocycles. The van der Waals surface area contributed by atoms with E-state index in [-0.39, 0.29) is 0 Å². The van der Waals surface area contributed by atoms with Crippen molar-refractivity contribution in [3.8, 4) is 0 Å². The number of hydrogen-bond acceptors (Lipinski definition) is 9. The van der Waals surface area contributed by atoms with Gasteiger partial charge in [-0.3, -0.25) is 5.10 Å². The zero-order valence-electron chi connectivity index (χ0n) is 19.8. The van der Waals surface area contributed by atoms with E-state index in [2.05, 4.69) is 49.7 Å². The Kier molecular flexibility index (Phi) is 6.75. The Hall–Kier alpha value is -3.73. The van der Waals surface area contributed by atoms with E-state index in [1.807, 2.05) is 24.3 Å². The van der Waals surface area contributed by atoms with Crippen molar-refractivity contribution in [3.63, 3.8) is 0 Å². The molecule has 184 valence electrons. The molecule has 0 spiro atoms. The van der Waals surface area contributed by atoms with Crippen molar-refractivity contribution in [1.29, 1.82) is 0 Å². The van der Waals surface area contributed by atoms with Crippen LogP contribution in [0.5, 0.6) is 0 Å². The second kappa shape index (κ2) is 10.3. The van der Waals surface area contributed by atoms with Gasteiger partial charge in [-0.15, -0.1) is 0 Å². The molecule has 0 aromatic carbocycles. The topological polar surface area (TPSA) is 117 Å². The summed E-state index contributed by atoms with van der Waals surface area (Å²) < 4.78 is 24.3. The predicted molar refractivity (Wildman–Crippen MR) is 131 cm³/mol. The number of hydrogen-bond donors (Lipinski definition) is 3. The van der Waals surface area contributed by atoms with Crippen molar-refractivity contribution < 1.29 is 13.7 Å². The van der Waals surface area contributed by atoms with Crippen LogP contribution < -0.4 is 15.5 Å². The maximum atomic E-state index is 13.3. The van der Waals surface area contributed by atoms with Gasteiger partial charge in [0.25, 0.3) is 0 Å². The van der Waals surface area contributed by atoms with Crippen molar-refractivity contribution in [2.75, 3.05) is 41.8 Å². The lowest BCUT2D eigenvalue weighted by Gasteiger charge is -2.28. The van der Waals surface area contributed by atoms with E-state index < -0.39 is 6.17 Å². The number of halogens is 1. The standard InChI is InChI=1S/C24H29FN8O2/c1-15(2)19-12-22(31-30-19)27-21-13-23(33-7-9-34-10-8-33)29-24(28-21)26-14-18-11-20(32-35-18)16-3-5-17(25)6-4-16/h3-5,11-13,15,17H,6-10,14H2,1-2H3,(H3,26,27,28,29,30,31). The van der Waals surface area contributed by atoms with Gasteiger partial charge in [0, 0.05) is 43.4 Å². The number of H-pyrrole nitrogens is 1. The van der Waals surface area contributed by atoms with E-state index in [0.29, 0.717) is 61.1 Å². The first-order chi connectivity index (χ1) is 17.0. The summed E-state index contributed by atoms with van der Waals surface area (Å²) in [5.74, 6) is 3.53. The lowest BCUT2D eigenvalue weighted by molar-refractivity contribution is 0.122. The predicted octanol–water partition coefficient (Wildman–Crippen LogP) is 4.18. The number of allylic oxidation sites excluding steroid dienone is 4. The Labute approximate surface area is 202 Å². The highest BCUT2D eigenvalue weighted by atomic mass is 19.1. The molecule has 1 unspecified atom stereocenters. The minimum Gasteiger partial charge on any atom is -0.378 e. The number of ether oxygens (including phenoxy) is 1. The van der Waals surface area contributed by atoms with Crippen LogP contribution >= 0.6 is 0 Å². The van der Waals surface area contributed by atoms with Gasteiger partial charge >= 0.3 is 0 Å². The smallest absolute Gasteiger partial charge is 0.227 e. The van der Waals surface area contributed by atoms with Gasteiger partial charge in [0.2, 0.25) is 5.95 Å². The zero-order chi connectivity index (χ0) is 24.2. The van der Waals surface area contributed by atoms with Crippen LogP contribution in [0.4, 0.5) is 27.8 Å². The molecule has 1 saturated heterocycles. The Morgan fingerprint density at radius 3 is 2.77 bits per heavy atom. The van der Waals surface area contributed by atoms with Crippen LogP contribution in [0, 0.1) is 0 Å². The van der Waals surface area contributed by atoms with Crippen LogP contribution in [0.3, 0.4) is 0 Å². The van der Waals surface area contributed by atoms with Crippen molar-refractivity contribution in [1.82, 2.24) is 25.3 Å². The number of alkyl halides is 1. The first-order valence-electron chi connectivity index (χ1n) is 11.8. The van der Waals surface area contributed by atoms with Gasteiger partial charge in [-0.1, -0.05) is 31.2 Å². The molecular weight excluding hydrogens is 451 g/mol. The molecule has 35 heavy (non-hydrogen) atoms. The average Bonchev–Trinajstić information content (AvgIpc) is 3.54. The lowest BCUT2D eigenvalue weighted by atomic mass is 10.0. The highest BCUT2D eigenvalue weighted by Crippen LogP contribution is 2.25. The van der Waals surface area contributed by atoms with Crippen molar-refractivity contribution in [2.45, 2.75) is 38.9 Å². The van der Waals surface area contributed by atoms with E-state index in [1.165, 1.54) is 6.08 Å². The van der Waals surface area contributed by atoms with Gasteiger partial charge in [0.05, 0.1) is 19.8 Å². The van der Waals surface area contributed by atoms with Gasteiger partial charge in [0.15, 0.2) is 11.6 Å². The van der Waals surface area contributed by atoms with E-state index in [1.54, 1.807) is 6.08 Å². The Morgan fingerprint density at radius 2 is 2.03 bits per heavy atom. The molecule has 1 atom stereocenters. The number of nitrogens with zero attached hydrogens (tertiary/aromatic N) is 5. The van der Waals surface area contributed by atoms with Crippen LogP contribution in [0.15, 0.2) is 41.0 Å². The second-order valence-electron chi connectivity index (χ2n) is 8.82. The van der Waals surface area contributed by atoms with E-state index >= 15 is 0 Å². The number of anilines is 4. The molecule has 3 aromatic rings. The van der Waals surface area contributed by atoms with Crippen molar-refractivity contribution in [2.24, 2.45) is 0 Å². The van der Waals surface area contributed by atoms with Crippen LogP contribution in [0.1, 0.15) is 43.3 Å². The van der Waals surface area contributed by atoms with Gasteiger partial charge in [-0.2, -0.15) is 15.1 Å². The van der Waals surface area contributed by atoms with Gasteiger partial charge in [0.1, 0.15) is 23.5 Å². The highest BCUT2D eigenvalue weighted by molar-refractivity contribution is 5.72. The number of morpholine rings is 1. The average molecular weight is 481 g/mol. The molecule has 4 heterocycles. The lowest BCUT2D eigenvalue weighted by Crippen LogP contribution is -2.37. The summed E-state index contributed by atoms with van der Waals surface area (Å²) in [4.78, 5) is 11.5. The Bertz CT molecular complexity index is 1210. The highest BCUT2D eigenvalue weighted by Gasteiger charge is 2.17. The fourth-order valence-electron chi connectivity index (χ4n) is 3.84. The fourth-order valence-corrected chi connectivity index (χ4v) is 3.84. The number of rotatable bonds is 8. The molecule has 3 aromatic heterocycles. The number of nitrogens with one attached hydrogen (secondary N) is 3. The van der Waals surface area contributed by atoms with E-state index in [9.17, 15) is 4.39 Å². The molecule has 0 amide bonds. The number of aromatic amines is 1. The minimum absolute atomic E-state index is 0.342. The maximum Gasteiger partial charge on any atom is 0.227 e. The summed E-state index contributed by atoms with van der Waals surface area (Å²) in [5.41, 5.74) is 2.57. The fraction of sp³-hybridized carbons (Fsp3) is 0.417. The maximum absolute atomic E-state index is 13.3.